The summed E-state index contributed by atoms with van der Waals surface area (Å²) in [6.45, 7) is 4.32. The van der Waals surface area contributed by atoms with Crippen LogP contribution in [0.4, 0.5) is 0 Å². The SMILES string of the molecule is CC1(C)Cc2ccc(Cl)cc2C(c2ccc3ccccc3n2)=N1. The van der Waals surface area contributed by atoms with Crippen LogP contribution in [0.5, 0.6) is 0 Å². The highest BCUT2D eigenvalue weighted by Gasteiger charge is 2.28. The second kappa shape index (κ2) is 5.17. The number of halogens is 1. The molecule has 1 aliphatic heterocycles. The molecule has 0 atom stereocenters. The molecule has 1 aromatic heterocycles. The van der Waals surface area contributed by atoms with Crippen LogP contribution in [-0.4, -0.2) is 16.2 Å². The summed E-state index contributed by atoms with van der Waals surface area (Å²) in [5.41, 5.74) is 5.06. The smallest absolute Gasteiger partial charge is 0.0913 e. The Morgan fingerprint density at radius 1 is 1.00 bits per heavy atom. The topological polar surface area (TPSA) is 25.2 Å². The fourth-order valence-electron chi connectivity index (χ4n) is 3.18. The number of hydrogen-bond acceptors (Lipinski definition) is 2. The number of rotatable bonds is 1. The first-order chi connectivity index (χ1) is 11.0. The van der Waals surface area contributed by atoms with E-state index in [1.54, 1.807) is 0 Å². The van der Waals surface area contributed by atoms with Gasteiger partial charge >= 0.3 is 0 Å². The summed E-state index contributed by atoms with van der Waals surface area (Å²) in [5, 5.41) is 1.87. The molecule has 0 radical (unpaired) electrons. The van der Waals surface area contributed by atoms with Crippen molar-refractivity contribution in [1.29, 1.82) is 0 Å². The van der Waals surface area contributed by atoms with Crippen LogP contribution in [-0.2, 0) is 6.42 Å². The number of hydrogen-bond donors (Lipinski definition) is 0. The van der Waals surface area contributed by atoms with Gasteiger partial charge in [-0.3, -0.25) is 4.99 Å². The van der Waals surface area contributed by atoms with Crippen LogP contribution >= 0.6 is 11.6 Å². The van der Waals surface area contributed by atoms with E-state index in [4.69, 9.17) is 21.6 Å². The molecule has 0 saturated heterocycles. The lowest BCUT2D eigenvalue weighted by Gasteiger charge is -2.29. The molecular weight excluding hydrogens is 304 g/mol. The van der Waals surface area contributed by atoms with Crippen molar-refractivity contribution in [3.05, 3.63) is 76.4 Å². The van der Waals surface area contributed by atoms with Crippen LogP contribution in [0.3, 0.4) is 0 Å². The van der Waals surface area contributed by atoms with Gasteiger partial charge in [-0.2, -0.15) is 0 Å². The normalized spacial score (nSPS) is 16.0. The first-order valence-electron chi connectivity index (χ1n) is 7.77. The Labute approximate surface area is 140 Å². The molecular formula is C20H17ClN2. The minimum absolute atomic E-state index is 0.135. The highest BCUT2D eigenvalue weighted by Crippen LogP contribution is 2.31. The Morgan fingerprint density at radius 3 is 2.70 bits per heavy atom. The third-order valence-electron chi connectivity index (χ3n) is 4.21. The van der Waals surface area contributed by atoms with Crippen molar-refractivity contribution in [2.75, 3.05) is 0 Å². The van der Waals surface area contributed by atoms with Crippen molar-refractivity contribution in [3.8, 4) is 0 Å². The van der Waals surface area contributed by atoms with Crippen LogP contribution < -0.4 is 0 Å². The predicted molar refractivity (Wildman–Crippen MR) is 96.6 cm³/mol. The maximum Gasteiger partial charge on any atom is 0.0913 e. The first-order valence-corrected chi connectivity index (χ1v) is 8.14. The van der Waals surface area contributed by atoms with Crippen LogP contribution in [0, 0.1) is 0 Å². The van der Waals surface area contributed by atoms with Gasteiger partial charge in [-0.1, -0.05) is 41.9 Å². The van der Waals surface area contributed by atoms with Crippen LogP contribution in [0.1, 0.15) is 30.7 Å². The van der Waals surface area contributed by atoms with Crippen molar-refractivity contribution in [3.63, 3.8) is 0 Å². The number of para-hydroxylation sites is 1. The lowest BCUT2D eigenvalue weighted by atomic mass is 9.86. The number of nitrogens with zero attached hydrogens (tertiary/aromatic N) is 2. The summed E-state index contributed by atoms with van der Waals surface area (Å²) in [7, 11) is 0. The Hall–Kier alpha value is -2.19. The molecule has 23 heavy (non-hydrogen) atoms. The third kappa shape index (κ3) is 2.64. The fourth-order valence-corrected chi connectivity index (χ4v) is 3.36. The molecule has 0 fully saturated rings. The average Bonchev–Trinajstić information content (AvgIpc) is 2.53. The summed E-state index contributed by atoms with van der Waals surface area (Å²) in [6, 6.07) is 18.4. The molecule has 2 heterocycles. The zero-order valence-corrected chi connectivity index (χ0v) is 13.9. The standard InChI is InChI=1S/C20H17ClN2/c1-20(2)12-14-7-9-15(21)11-16(14)19(23-20)18-10-8-13-5-3-4-6-17(13)22-18/h3-11H,12H2,1-2H3. The van der Waals surface area contributed by atoms with E-state index in [2.05, 4.69) is 32.0 Å². The van der Waals surface area contributed by atoms with Gasteiger partial charge in [-0.05, 0) is 50.1 Å². The molecule has 2 nitrogen and oxygen atoms in total. The highest BCUT2D eigenvalue weighted by molar-refractivity contribution is 6.31. The monoisotopic (exact) mass is 320 g/mol. The number of pyridine rings is 1. The molecule has 0 N–H and O–H groups in total. The molecule has 114 valence electrons. The number of aliphatic imine (C=N–C) groups is 1. The average molecular weight is 321 g/mol. The van der Waals surface area contributed by atoms with Crippen LogP contribution in [0.2, 0.25) is 5.02 Å². The van der Waals surface area contributed by atoms with Gasteiger partial charge in [0.05, 0.1) is 22.5 Å². The van der Waals surface area contributed by atoms with Crippen molar-refractivity contribution in [1.82, 2.24) is 4.98 Å². The highest BCUT2D eigenvalue weighted by atomic mass is 35.5. The third-order valence-corrected chi connectivity index (χ3v) is 4.44. The summed E-state index contributed by atoms with van der Waals surface area (Å²) in [5.74, 6) is 0. The maximum atomic E-state index is 6.22. The molecule has 0 aliphatic carbocycles. The van der Waals surface area contributed by atoms with E-state index >= 15 is 0 Å². The second-order valence-electron chi connectivity index (χ2n) is 6.64. The van der Waals surface area contributed by atoms with Gasteiger partial charge in [0, 0.05) is 16.0 Å². The Morgan fingerprint density at radius 2 is 1.83 bits per heavy atom. The summed E-state index contributed by atoms with van der Waals surface area (Å²) in [4.78, 5) is 9.79. The van der Waals surface area contributed by atoms with Crippen LogP contribution in [0.15, 0.2) is 59.6 Å². The maximum absolute atomic E-state index is 6.22. The Balaban J connectivity index is 1.94. The number of aromatic nitrogens is 1. The fraction of sp³-hybridized carbons (Fsp3) is 0.200. The van der Waals surface area contributed by atoms with E-state index < -0.39 is 0 Å². The second-order valence-corrected chi connectivity index (χ2v) is 7.08. The van der Waals surface area contributed by atoms with Crippen molar-refractivity contribution >= 4 is 28.2 Å². The summed E-state index contributed by atoms with van der Waals surface area (Å²) in [6.07, 6.45) is 0.913. The molecule has 3 aromatic rings. The van der Waals surface area contributed by atoms with E-state index in [9.17, 15) is 0 Å². The minimum Gasteiger partial charge on any atom is -0.276 e. The van der Waals surface area contributed by atoms with Gasteiger partial charge in [0.2, 0.25) is 0 Å². The molecule has 3 heteroatoms. The lowest BCUT2D eigenvalue weighted by Crippen LogP contribution is -2.29. The largest absolute Gasteiger partial charge is 0.276 e. The molecule has 1 aliphatic rings. The van der Waals surface area contributed by atoms with E-state index in [1.807, 2.05) is 36.4 Å². The molecule has 0 amide bonds. The Bertz CT molecular complexity index is 941. The van der Waals surface area contributed by atoms with Crippen molar-refractivity contribution in [2.24, 2.45) is 4.99 Å². The van der Waals surface area contributed by atoms with E-state index in [-0.39, 0.29) is 5.54 Å². The Kier molecular flexibility index (Phi) is 3.24. The molecule has 0 spiro atoms. The molecule has 0 saturated carbocycles. The molecule has 2 aromatic carbocycles. The van der Waals surface area contributed by atoms with Gasteiger partial charge < -0.3 is 0 Å². The van der Waals surface area contributed by atoms with Crippen molar-refractivity contribution < 1.29 is 0 Å². The summed E-state index contributed by atoms with van der Waals surface area (Å²) < 4.78 is 0. The minimum atomic E-state index is -0.135. The van der Waals surface area contributed by atoms with Crippen LogP contribution in [0.25, 0.3) is 10.9 Å². The zero-order valence-electron chi connectivity index (χ0n) is 13.2. The lowest BCUT2D eigenvalue weighted by molar-refractivity contribution is 0.513. The van der Waals surface area contributed by atoms with E-state index in [0.29, 0.717) is 0 Å². The number of fused-ring (bicyclic) bond motifs is 2. The molecule has 4 rings (SSSR count). The van der Waals surface area contributed by atoms with E-state index in [0.717, 1.165) is 39.3 Å². The van der Waals surface area contributed by atoms with Gasteiger partial charge in [-0.25, -0.2) is 4.98 Å². The van der Waals surface area contributed by atoms with Gasteiger partial charge in [0.1, 0.15) is 0 Å². The van der Waals surface area contributed by atoms with E-state index in [1.165, 1.54) is 5.56 Å². The zero-order chi connectivity index (χ0) is 16.0. The predicted octanol–water partition coefficient (Wildman–Crippen LogP) is 5.06. The quantitative estimate of drug-likeness (QED) is 0.615. The number of benzene rings is 2. The van der Waals surface area contributed by atoms with Crippen molar-refractivity contribution in [2.45, 2.75) is 25.8 Å². The first kappa shape index (κ1) is 14.4. The van der Waals surface area contributed by atoms with Gasteiger partial charge in [-0.15, -0.1) is 0 Å². The summed E-state index contributed by atoms with van der Waals surface area (Å²) >= 11 is 6.22. The molecule has 0 unspecified atom stereocenters. The van der Waals surface area contributed by atoms with Gasteiger partial charge in [0.25, 0.3) is 0 Å². The molecule has 0 bridgehead atoms. The van der Waals surface area contributed by atoms with Gasteiger partial charge in [0.15, 0.2) is 0 Å².